The van der Waals surface area contributed by atoms with E-state index in [0.29, 0.717) is 11.3 Å². The number of hydrogen-bond donors (Lipinski definition) is 1. The first kappa shape index (κ1) is 11.4. The molecule has 1 saturated heterocycles. The average Bonchev–Trinajstić information content (AvgIpc) is 2.77. The van der Waals surface area contributed by atoms with Crippen LogP contribution in [0.25, 0.3) is 0 Å². The van der Waals surface area contributed by atoms with Gasteiger partial charge in [0.25, 0.3) is 0 Å². The van der Waals surface area contributed by atoms with Crippen LogP contribution in [0, 0.1) is 11.3 Å². The Morgan fingerprint density at radius 3 is 2.60 bits per heavy atom. The summed E-state index contributed by atoms with van der Waals surface area (Å²) in [6.07, 6.45) is 3.38. The van der Waals surface area contributed by atoms with E-state index >= 15 is 0 Å². The molecule has 1 N–H and O–H groups in total. The first-order valence-corrected chi connectivity index (χ1v) is 6.00. The molecule has 0 aromatic heterocycles. The maximum atomic E-state index is 5.76. The minimum atomic E-state index is -0.213. The van der Waals surface area contributed by atoms with Crippen LogP contribution in [0.2, 0.25) is 0 Å². The molecule has 1 spiro atoms. The van der Waals surface area contributed by atoms with Crippen molar-refractivity contribution in [2.45, 2.75) is 38.9 Å². The quantitative estimate of drug-likeness (QED) is 0.775. The summed E-state index contributed by atoms with van der Waals surface area (Å²) in [5.74, 6) is 0.499. The van der Waals surface area contributed by atoms with Crippen molar-refractivity contribution in [1.82, 2.24) is 5.32 Å². The second-order valence-electron chi connectivity index (χ2n) is 5.57. The zero-order valence-corrected chi connectivity index (χ0v) is 10.1. The molecule has 3 heteroatoms. The molecule has 0 aromatic carbocycles. The first-order valence-electron chi connectivity index (χ1n) is 6.00. The molecule has 2 fully saturated rings. The lowest BCUT2D eigenvalue weighted by atomic mass is 9.77. The normalized spacial score (nSPS) is 30.2. The maximum Gasteiger partial charge on any atom is 0.168 e. The van der Waals surface area contributed by atoms with Gasteiger partial charge in [0.15, 0.2) is 5.79 Å². The van der Waals surface area contributed by atoms with Crippen LogP contribution in [0.1, 0.15) is 33.1 Å². The summed E-state index contributed by atoms with van der Waals surface area (Å²) < 4.78 is 11.5. The fourth-order valence-electron chi connectivity index (χ4n) is 3.00. The Bertz CT molecular complexity index is 222. The van der Waals surface area contributed by atoms with Crippen LogP contribution in [-0.2, 0) is 9.47 Å². The predicted octanol–water partition coefficient (Wildman–Crippen LogP) is 1.78. The van der Waals surface area contributed by atoms with E-state index in [4.69, 9.17) is 9.47 Å². The van der Waals surface area contributed by atoms with Crippen molar-refractivity contribution in [3.05, 3.63) is 0 Å². The summed E-state index contributed by atoms with van der Waals surface area (Å²) in [5, 5.41) is 3.28. The maximum absolute atomic E-state index is 5.76. The van der Waals surface area contributed by atoms with Crippen LogP contribution in [0.5, 0.6) is 0 Å². The fraction of sp³-hybridized carbons (Fsp3) is 1.00. The third kappa shape index (κ3) is 2.19. The molecule has 88 valence electrons. The van der Waals surface area contributed by atoms with Crippen molar-refractivity contribution in [3.8, 4) is 0 Å². The van der Waals surface area contributed by atoms with Crippen LogP contribution in [0.3, 0.4) is 0 Å². The average molecular weight is 213 g/mol. The van der Waals surface area contributed by atoms with Crippen LogP contribution in [-0.4, -0.2) is 32.6 Å². The zero-order chi connectivity index (χ0) is 10.9. The highest BCUT2D eigenvalue weighted by Gasteiger charge is 2.48. The van der Waals surface area contributed by atoms with Crippen molar-refractivity contribution in [1.29, 1.82) is 0 Å². The van der Waals surface area contributed by atoms with E-state index < -0.39 is 0 Å². The molecular weight excluding hydrogens is 190 g/mol. The van der Waals surface area contributed by atoms with Gasteiger partial charge in [-0.25, -0.2) is 0 Å². The van der Waals surface area contributed by atoms with Gasteiger partial charge >= 0.3 is 0 Å². The second-order valence-corrected chi connectivity index (χ2v) is 5.57. The number of nitrogens with one attached hydrogen (secondary N) is 1. The Labute approximate surface area is 92.5 Å². The standard InChI is InChI=1S/C12H23NO2/c1-11(2,9-13-3)10-4-5-12(8-10)14-6-7-15-12/h10,13H,4-9H2,1-3H3. The third-order valence-corrected chi connectivity index (χ3v) is 3.98. The molecule has 0 radical (unpaired) electrons. The summed E-state index contributed by atoms with van der Waals surface area (Å²) in [6, 6.07) is 0. The summed E-state index contributed by atoms with van der Waals surface area (Å²) in [5.41, 5.74) is 0.341. The summed E-state index contributed by atoms with van der Waals surface area (Å²) in [7, 11) is 2.02. The fourth-order valence-corrected chi connectivity index (χ4v) is 3.00. The Morgan fingerprint density at radius 1 is 1.33 bits per heavy atom. The van der Waals surface area contributed by atoms with E-state index in [0.717, 1.165) is 32.6 Å². The molecule has 0 amide bonds. The summed E-state index contributed by atoms with van der Waals surface area (Å²) >= 11 is 0. The van der Waals surface area contributed by atoms with Crippen LogP contribution in [0.15, 0.2) is 0 Å². The SMILES string of the molecule is CNCC(C)(C)C1CCC2(C1)OCCO2. The minimum Gasteiger partial charge on any atom is -0.348 e. The minimum absolute atomic E-state index is 0.213. The van der Waals surface area contributed by atoms with E-state index in [1.165, 1.54) is 6.42 Å². The van der Waals surface area contributed by atoms with Gasteiger partial charge in [0.1, 0.15) is 0 Å². The van der Waals surface area contributed by atoms with Gasteiger partial charge in [-0.1, -0.05) is 13.8 Å². The molecule has 3 nitrogen and oxygen atoms in total. The topological polar surface area (TPSA) is 30.5 Å². The highest BCUT2D eigenvalue weighted by atomic mass is 16.7. The molecule has 1 aliphatic carbocycles. The molecule has 1 saturated carbocycles. The van der Waals surface area contributed by atoms with Crippen LogP contribution < -0.4 is 5.32 Å². The summed E-state index contributed by atoms with van der Waals surface area (Å²) in [4.78, 5) is 0. The number of rotatable bonds is 3. The third-order valence-electron chi connectivity index (χ3n) is 3.98. The van der Waals surface area contributed by atoms with Crippen molar-refractivity contribution >= 4 is 0 Å². The molecule has 0 aromatic rings. The molecule has 1 atom stereocenters. The van der Waals surface area contributed by atoms with E-state index in [1.807, 2.05) is 7.05 Å². The highest BCUT2D eigenvalue weighted by Crippen LogP contribution is 2.47. The van der Waals surface area contributed by atoms with E-state index in [1.54, 1.807) is 0 Å². The largest absolute Gasteiger partial charge is 0.348 e. The van der Waals surface area contributed by atoms with Crippen molar-refractivity contribution in [3.63, 3.8) is 0 Å². The molecule has 1 unspecified atom stereocenters. The monoisotopic (exact) mass is 213 g/mol. The van der Waals surface area contributed by atoms with Crippen molar-refractivity contribution in [2.24, 2.45) is 11.3 Å². The van der Waals surface area contributed by atoms with Crippen LogP contribution >= 0.6 is 0 Å². The molecule has 1 aliphatic heterocycles. The Morgan fingerprint density at radius 2 is 2.00 bits per heavy atom. The van der Waals surface area contributed by atoms with Gasteiger partial charge in [-0.05, 0) is 24.8 Å². The van der Waals surface area contributed by atoms with Gasteiger partial charge in [-0.15, -0.1) is 0 Å². The van der Waals surface area contributed by atoms with E-state index in [2.05, 4.69) is 19.2 Å². The van der Waals surface area contributed by atoms with Crippen molar-refractivity contribution in [2.75, 3.05) is 26.8 Å². The van der Waals surface area contributed by atoms with E-state index in [9.17, 15) is 0 Å². The Kier molecular flexibility index (Phi) is 3.06. The molecule has 0 bridgehead atoms. The van der Waals surface area contributed by atoms with Gasteiger partial charge in [0, 0.05) is 19.4 Å². The Balaban J connectivity index is 1.96. The lowest BCUT2D eigenvalue weighted by molar-refractivity contribution is -0.154. The van der Waals surface area contributed by atoms with Crippen LogP contribution in [0.4, 0.5) is 0 Å². The molecular formula is C12H23NO2. The van der Waals surface area contributed by atoms with Gasteiger partial charge in [0.2, 0.25) is 0 Å². The molecule has 1 heterocycles. The van der Waals surface area contributed by atoms with Gasteiger partial charge in [-0.3, -0.25) is 0 Å². The van der Waals surface area contributed by atoms with Gasteiger partial charge in [0.05, 0.1) is 13.2 Å². The van der Waals surface area contributed by atoms with E-state index in [-0.39, 0.29) is 5.79 Å². The predicted molar refractivity (Wildman–Crippen MR) is 59.7 cm³/mol. The summed E-state index contributed by atoms with van der Waals surface area (Å²) in [6.45, 7) is 7.29. The number of hydrogen-bond acceptors (Lipinski definition) is 3. The zero-order valence-electron chi connectivity index (χ0n) is 10.1. The van der Waals surface area contributed by atoms with Crippen molar-refractivity contribution < 1.29 is 9.47 Å². The lowest BCUT2D eigenvalue weighted by Gasteiger charge is -2.32. The highest BCUT2D eigenvalue weighted by molar-refractivity contribution is 4.93. The second kappa shape index (κ2) is 4.04. The molecule has 2 aliphatic rings. The first-order chi connectivity index (χ1) is 7.08. The smallest absolute Gasteiger partial charge is 0.168 e. The molecule has 2 rings (SSSR count). The van der Waals surface area contributed by atoms with Gasteiger partial charge in [-0.2, -0.15) is 0 Å². The molecule has 15 heavy (non-hydrogen) atoms. The Hall–Kier alpha value is -0.120. The van der Waals surface area contributed by atoms with Gasteiger partial charge < -0.3 is 14.8 Å². The number of ether oxygens (including phenoxy) is 2. The lowest BCUT2D eigenvalue weighted by Crippen LogP contribution is -2.35.